The summed E-state index contributed by atoms with van der Waals surface area (Å²) in [4.78, 5) is 19.8. The number of nitro groups is 1. The number of nitrogens with zero attached hydrogens (tertiary/aromatic N) is 1. The molecule has 0 spiro atoms. The first kappa shape index (κ1) is 8.98. The number of furan rings is 1. The Morgan fingerprint density at radius 3 is 2.77 bits per heavy atom. The summed E-state index contributed by atoms with van der Waals surface area (Å²) in [6.07, 6.45) is 2.32. The molecule has 0 saturated carbocycles. The van der Waals surface area contributed by atoms with Gasteiger partial charge in [-0.25, -0.2) is 0 Å². The standard InChI is InChI=1S/C7H6N2O4/c8-6(10)3-1-5-2-4-7(13-5)9(11)12/h1-4H,(H2,8,10)/b3-1-. The zero-order valence-corrected chi connectivity index (χ0v) is 6.47. The smallest absolute Gasteiger partial charge is 0.401 e. The molecule has 0 bridgehead atoms. The second-order valence-corrected chi connectivity index (χ2v) is 2.17. The third kappa shape index (κ3) is 2.44. The zero-order chi connectivity index (χ0) is 9.84. The summed E-state index contributed by atoms with van der Waals surface area (Å²) < 4.78 is 4.70. The van der Waals surface area contributed by atoms with Crippen molar-refractivity contribution in [3.05, 3.63) is 34.1 Å². The number of carbonyl (C=O) groups excluding carboxylic acids is 1. The summed E-state index contributed by atoms with van der Waals surface area (Å²) in [6, 6.07) is 2.57. The summed E-state index contributed by atoms with van der Waals surface area (Å²) in [7, 11) is 0. The van der Waals surface area contributed by atoms with Crippen LogP contribution in [0, 0.1) is 10.1 Å². The lowest BCUT2D eigenvalue weighted by atomic mass is 10.4. The van der Waals surface area contributed by atoms with Gasteiger partial charge in [0.2, 0.25) is 5.91 Å². The van der Waals surface area contributed by atoms with E-state index < -0.39 is 10.8 Å². The lowest BCUT2D eigenvalue weighted by Gasteiger charge is -1.82. The lowest BCUT2D eigenvalue weighted by Crippen LogP contribution is -2.04. The summed E-state index contributed by atoms with van der Waals surface area (Å²) >= 11 is 0. The van der Waals surface area contributed by atoms with E-state index in [0.717, 1.165) is 6.08 Å². The molecule has 0 atom stereocenters. The van der Waals surface area contributed by atoms with Crippen molar-refractivity contribution < 1.29 is 14.1 Å². The quantitative estimate of drug-likeness (QED) is 0.422. The van der Waals surface area contributed by atoms with Gasteiger partial charge in [-0.1, -0.05) is 0 Å². The Hall–Kier alpha value is -2.11. The predicted octanol–water partition coefficient (Wildman–Crippen LogP) is 0.686. The van der Waals surface area contributed by atoms with Crippen molar-refractivity contribution in [3.63, 3.8) is 0 Å². The Morgan fingerprint density at radius 1 is 1.62 bits per heavy atom. The first-order valence-electron chi connectivity index (χ1n) is 3.31. The molecule has 6 nitrogen and oxygen atoms in total. The normalized spacial score (nSPS) is 10.5. The number of hydrogen-bond donors (Lipinski definition) is 1. The summed E-state index contributed by atoms with van der Waals surface area (Å²) in [5.74, 6) is -0.798. The lowest BCUT2D eigenvalue weighted by molar-refractivity contribution is -0.402. The minimum atomic E-state index is -0.665. The van der Waals surface area contributed by atoms with Crippen molar-refractivity contribution in [1.29, 1.82) is 0 Å². The molecule has 0 aliphatic heterocycles. The van der Waals surface area contributed by atoms with Crippen LogP contribution in [0.3, 0.4) is 0 Å². The Labute approximate surface area is 72.8 Å². The highest BCUT2D eigenvalue weighted by Crippen LogP contribution is 2.16. The molecule has 0 radical (unpaired) electrons. The molecular formula is C7H6N2O4. The van der Waals surface area contributed by atoms with Crippen LogP contribution in [0.25, 0.3) is 6.08 Å². The van der Waals surface area contributed by atoms with Crippen molar-refractivity contribution >= 4 is 17.9 Å². The fourth-order valence-corrected chi connectivity index (χ4v) is 0.694. The van der Waals surface area contributed by atoms with E-state index in [-0.39, 0.29) is 11.6 Å². The summed E-state index contributed by atoms with van der Waals surface area (Å²) in [5.41, 5.74) is 4.81. The third-order valence-electron chi connectivity index (χ3n) is 1.20. The molecule has 0 aromatic carbocycles. The first-order valence-corrected chi connectivity index (χ1v) is 3.31. The van der Waals surface area contributed by atoms with Crippen LogP contribution >= 0.6 is 0 Å². The summed E-state index contributed by atoms with van der Waals surface area (Å²) in [6.45, 7) is 0. The Morgan fingerprint density at radius 2 is 2.31 bits per heavy atom. The number of hydrogen-bond acceptors (Lipinski definition) is 4. The molecule has 1 aromatic rings. The van der Waals surface area contributed by atoms with Crippen LogP contribution in [0.2, 0.25) is 0 Å². The molecule has 0 saturated heterocycles. The maximum atomic E-state index is 10.3. The van der Waals surface area contributed by atoms with E-state index in [1.54, 1.807) is 0 Å². The van der Waals surface area contributed by atoms with E-state index in [1.807, 2.05) is 0 Å². The van der Waals surface area contributed by atoms with Crippen molar-refractivity contribution in [2.75, 3.05) is 0 Å². The second-order valence-electron chi connectivity index (χ2n) is 2.17. The molecule has 2 N–H and O–H groups in total. The monoisotopic (exact) mass is 182 g/mol. The number of carbonyl (C=O) groups is 1. The number of rotatable bonds is 3. The summed E-state index contributed by atoms with van der Waals surface area (Å²) in [5, 5.41) is 10.1. The van der Waals surface area contributed by atoms with Gasteiger partial charge in [-0.15, -0.1) is 0 Å². The second kappa shape index (κ2) is 3.53. The molecule has 0 aliphatic carbocycles. The average molecular weight is 182 g/mol. The molecule has 68 valence electrons. The van der Waals surface area contributed by atoms with Crippen molar-refractivity contribution in [3.8, 4) is 0 Å². The highest BCUT2D eigenvalue weighted by Gasteiger charge is 2.09. The molecule has 1 heterocycles. The van der Waals surface area contributed by atoms with E-state index >= 15 is 0 Å². The largest absolute Gasteiger partial charge is 0.433 e. The van der Waals surface area contributed by atoms with Gasteiger partial charge in [-0.05, 0) is 12.1 Å². The maximum absolute atomic E-state index is 10.3. The van der Waals surface area contributed by atoms with E-state index in [9.17, 15) is 14.9 Å². The minimum Gasteiger partial charge on any atom is -0.401 e. The fraction of sp³-hybridized carbons (Fsp3) is 0. The van der Waals surface area contributed by atoms with Crippen LogP contribution in [0.4, 0.5) is 5.88 Å². The predicted molar refractivity (Wildman–Crippen MR) is 43.6 cm³/mol. The van der Waals surface area contributed by atoms with E-state index in [4.69, 9.17) is 10.2 Å². The highest BCUT2D eigenvalue weighted by molar-refractivity contribution is 5.89. The van der Waals surface area contributed by atoms with Gasteiger partial charge in [0.1, 0.15) is 10.7 Å². The molecule has 6 heteroatoms. The minimum absolute atomic E-state index is 0.213. The van der Waals surface area contributed by atoms with Crippen LogP contribution in [0.15, 0.2) is 22.6 Å². The maximum Gasteiger partial charge on any atom is 0.433 e. The fourth-order valence-electron chi connectivity index (χ4n) is 0.694. The van der Waals surface area contributed by atoms with Crippen molar-refractivity contribution in [2.24, 2.45) is 5.73 Å². The Balaban J connectivity index is 2.80. The SMILES string of the molecule is NC(=O)/C=C\c1ccc([N+](=O)[O-])o1. The molecule has 1 amide bonds. The van der Waals surface area contributed by atoms with Gasteiger partial charge in [0.25, 0.3) is 0 Å². The van der Waals surface area contributed by atoms with E-state index in [0.29, 0.717) is 0 Å². The molecule has 0 aliphatic rings. The molecule has 0 unspecified atom stereocenters. The van der Waals surface area contributed by atoms with E-state index in [1.165, 1.54) is 18.2 Å². The van der Waals surface area contributed by atoms with Gasteiger partial charge in [0, 0.05) is 6.08 Å². The van der Waals surface area contributed by atoms with Crippen molar-refractivity contribution in [2.45, 2.75) is 0 Å². The van der Waals surface area contributed by atoms with E-state index in [2.05, 4.69) is 0 Å². The zero-order valence-electron chi connectivity index (χ0n) is 6.47. The number of primary amides is 1. The Kier molecular flexibility index (Phi) is 2.44. The van der Waals surface area contributed by atoms with Gasteiger partial charge in [-0.2, -0.15) is 0 Å². The van der Waals surface area contributed by atoms with Gasteiger partial charge in [0.05, 0.1) is 6.07 Å². The van der Waals surface area contributed by atoms with Crippen molar-refractivity contribution in [1.82, 2.24) is 0 Å². The van der Waals surface area contributed by atoms with Gasteiger partial charge in [0.15, 0.2) is 0 Å². The molecule has 1 rings (SSSR count). The average Bonchev–Trinajstić information content (AvgIpc) is 2.48. The molecular weight excluding hydrogens is 176 g/mol. The Bertz CT molecular complexity index is 366. The number of amides is 1. The van der Waals surface area contributed by atoms with Crippen LogP contribution in [0.5, 0.6) is 0 Å². The first-order chi connectivity index (χ1) is 6.09. The molecule has 13 heavy (non-hydrogen) atoms. The molecule has 0 fully saturated rings. The number of nitrogens with two attached hydrogens (primary N) is 1. The van der Waals surface area contributed by atoms with Crippen LogP contribution < -0.4 is 5.73 Å². The highest BCUT2D eigenvalue weighted by atomic mass is 16.6. The molecule has 1 aromatic heterocycles. The van der Waals surface area contributed by atoms with Gasteiger partial charge < -0.3 is 10.2 Å². The third-order valence-corrected chi connectivity index (χ3v) is 1.20. The van der Waals surface area contributed by atoms with Crippen LogP contribution in [0.1, 0.15) is 5.76 Å². The van der Waals surface area contributed by atoms with Gasteiger partial charge >= 0.3 is 5.88 Å². The van der Waals surface area contributed by atoms with Gasteiger partial charge in [-0.3, -0.25) is 14.9 Å². The topological polar surface area (TPSA) is 99.4 Å². The van der Waals surface area contributed by atoms with Crippen LogP contribution in [-0.2, 0) is 4.79 Å². The van der Waals surface area contributed by atoms with Crippen LogP contribution in [-0.4, -0.2) is 10.8 Å².